The fraction of sp³-hybridized carbons (Fsp3) is 0.947. The van der Waals surface area contributed by atoms with Crippen LogP contribution in [0.25, 0.3) is 0 Å². The summed E-state index contributed by atoms with van der Waals surface area (Å²) in [7, 11) is -9.91. The lowest BCUT2D eigenvalue weighted by Crippen LogP contribution is -2.30. The number of hydrogen-bond donors (Lipinski definition) is 3. The van der Waals surface area contributed by atoms with E-state index in [1.54, 1.807) is 0 Å². The van der Waals surface area contributed by atoms with E-state index in [1.807, 2.05) is 0 Å². The van der Waals surface area contributed by atoms with Crippen LogP contribution < -0.4 is 0 Å². The first-order chi connectivity index (χ1) is 45.4. The molecule has 94 heavy (non-hydrogen) atoms. The van der Waals surface area contributed by atoms with Gasteiger partial charge in [0.15, 0.2) is 12.2 Å². The molecule has 0 spiro atoms. The molecule has 6 atom stereocenters. The molecular weight excluding hydrogens is 1230 g/mol. The monoisotopic (exact) mass is 1380 g/mol. The molecule has 3 N–H and O–H groups in total. The van der Waals surface area contributed by atoms with Crippen LogP contribution in [0.4, 0.5) is 0 Å². The molecule has 17 nitrogen and oxygen atoms in total. The number of phosphoric ester groups is 2. The van der Waals surface area contributed by atoms with Gasteiger partial charge in [-0.25, -0.2) is 9.13 Å². The Labute approximate surface area is 575 Å². The highest BCUT2D eigenvalue weighted by Gasteiger charge is 2.30. The lowest BCUT2D eigenvalue weighted by Gasteiger charge is -2.21. The van der Waals surface area contributed by atoms with Gasteiger partial charge in [-0.1, -0.05) is 337 Å². The summed E-state index contributed by atoms with van der Waals surface area (Å²) in [4.78, 5) is 72.7. The summed E-state index contributed by atoms with van der Waals surface area (Å²) in [5.74, 6) is -0.671. The molecule has 0 fully saturated rings. The number of rotatable bonds is 74. The minimum atomic E-state index is -4.96. The number of carbonyl (C=O) groups excluding carboxylic acids is 4. The summed E-state index contributed by atoms with van der Waals surface area (Å²) in [6, 6.07) is 0. The molecule has 0 rings (SSSR count). The Hall–Kier alpha value is -1.94. The zero-order valence-corrected chi connectivity index (χ0v) is 63.1. The van der Waals surface area contributed by atoms with Crippen molar-refractivity contribution in [3.63, 3.8) is 0 Å². The smallest absolute Gasteiger partial charge is 0.462 e. The second kappa shape index (κ2) is 66.9. The molecule has 19 heteroatoms. The second-order valence-electron chi connectivity index (χ2n) is 27.8. The van der Waals surface area contributed by atoms with Gasteiger partial charge >= 0.3 is 39.5 Å². The molecule has 558 valence electrons. The highest BCUT2D eigenvalue weighted by Crippen LogP contribution is 2.45. The molecule has 0 saturated heterocycles. The Kier molecular flexibility index (Phi) is 65.5. The van der Waals surface area contributed by atoms with Crippen molar-refractivity contribution in [1.82, 2.24) is 0 Å². The summed E-state index contributed by atoms with van der Waals surface area (Å²) in [5, 5.41) is 10.6. The molecule has 0 radical (unpaired) electrons. The Balaban J connectivity index is 5.21. The Bertz CT molecular complexity index is 1820. The SMILES string of the molecule is CCCCCCCCCCCCCCCCCCCCCCC(=O)O[C@H](COC(=O)CCCCCCCCCCCCCCC)COP(=O)(O)OC[C@@H](O)COP(=O)(O)OC[C@@H](COC(=O)CCCCCCCCC(C)CC)OC(=O)CCCCCCCCCCC(C)C. The number of phosphoric acid groups is 2. The van der Waals surface area contributed by atoms with E-state index in [9.17, 15) is 43.2 Å². The number of aliphatic hydroxyl groups is 1. The number of ether oxygens (including phenoxy) is 4. The van der Waals surface area contributed by atoms with E-state index >= 15 is 0 Å². The van der Waals surface area contributed by atoms with Gasteiger partial charge in [0, 0.05) is 25.7 Å². The quantitative estimate of drug-likeness (QED) is 0.0222. The van der Waals surface area contributed by atoms with E-state index in [2.05, 4.69) is 41.5 Å². The largest absolute Gasteiger partial charge is 0.472 e. The van der Waals surface area contributed by atoms with Gasteiger partial charge in [-0.05, 0) is 37.5 Å². The average Bonchev–Trinajstić information content (AvgIpc) is 1.76. The molecule has 0 aromatic rings. The molecular formula is C75H146O17P2. The minimum absolute atomic E-state index is 0.104. The maximum atomic E-state index is 13.1. The Morgan fingerprint density at radius 2 is 0.543 bits per heavy atom. The van der Waals surface area contributed by atoms with E-state index in [4.69, 9.17) is 37.0 Å². The van der Waals surface area contributed by atoms with Crippen molar-refractivity contribution in [3.8, 4) is 0 Å². The average molecular weight is 1380 g/mol. The van der Waals surface area contributed by atoms with Crippen LogP contribution in [-0.4, -0.2) is 96.7 Å². The van der Waals surface area contributed by atoms with E-state index < -0.39 is 97.5 Å². The third-order valence-electron chi connectivity index (χ3n) is 17.8. The lowest BCUT2D eigenvalue weighted by atomic mass is 10.00. The summed E-state index contributed by atoms with van der Waals surface area (Å²) in [6.45, 7) is 9.50. The van der Waals surface area contributed by atoms with Gasteiger partial charge in [0.1, 0.15) is 19.3 Å². The van der Waals surface area contributed by atoms with Crippen molar-refractivity contribution in [3.05, 3.63) is 0 Å². The van der Waals surface area contributed by atoms with Crippen LogP contribution in [0.2, 0.25) is 0 Å². The van der Waals surface area contributed by atoms with Crippen LogP contribution in [0.3, 0.4) is 0 Å². The van der Waals surface area contributed by atoms with Crippen molar-refractivity contribution >= 4 is 39.5 Å². The van der Waals surface area contributed by atoms with Crippen LogP contribution in [0, 0.1) is 11.8 Å². The maximum absolute atomic E-state index is 13.1. The predicted octanol–water partition coefficient (Wildman–Crippen LogP) is 21.9. The first-order valence-corrected chi connectivity index (χ1v) is 42.0. The molecule has 0 aliphatic heterocycles. The molecule has 0 aliphatic carbocycles. The predicted molar refractivity (Wildman–Crippen MR) is 381 cm³/mol. The third kappa shape index (κ3) is 67.3. The fourth-order valence-electron chi connectivity index (χ4n) is 11.4. The van der Waals surface area contributed by atoms with E-state index in [0.717, 1.165) is 108 Å². The Morgan fingerprint density at radius 3 is 0.809 bits per heavy atom. The van der Waals surface area contributed by atoms with Gasteiger partial charge < -0.3 is 33.8 Å². The summed E-state index contributed by atoms with van der Waals surface area (Å²) in [5.41, 5.74) is 0. The van der Waals surface area contributed by atoms with Crippen LogP contribution >= 0.6 is 15.6 Å². The molecule has 0 aromatic carbocycles. The summed E-state index contributed by atoms with van der Waals surface area (Å²) < 4.78 is 68.4. The van der Waals surface area contributed by atoms with Crippen molar-refractivity contribution < 1.29 is 80.2 Å². The standard InChI is InChI=1S/C75H146O17P2/c1-7-10-12-14-16-18-20-22-23-24-25-26-27-28-30-32-34-39-47-53-59-74(79)91-70(63-85-72(77)57-51-45-38-33-31-29-21-19-17-15-13-11-8-2)65-89-93(81,82)87-61-69(76)62-88-94(83,84)90-66-71(64-86-73(78)58-52-46-42-41-44-50-56-68(6)9-3)92-75(80)60-54-48-40-36-35-37-43-49-55-67(4)5/h67-71,76H,7-66H2,1-6H3,(H,81,82)(H,83,84)/t68?,69-,70-,71-/m1/s1. The number of esters is 4. The third-order valence-corrected chi connectivity index (χ3v) is 19.7. The van der Waals surface area contributed by atoms with Gasteiger partial charge in [0.2, 0.25) is 0 Å². The number of hydrogen-bond acceptors (Lipinski definition) is 15. The minimum Gasteiger partial charge on any atom is -0.462 e. The van der Waals surface area contributed by atoms with E-state index in [1.165, 1.54) is 199 Å². The van der Waals surface area contributed by atoms with E-state index in [0.29, 0.717) is 25.7 Å². The first kappa shape index (κ1) is 92.1. The highest BCUT2D eigenvalue weighted by molar-refractivity contribution is 7.47. The van der Waals surface area contributed by atoms with Crippen LogP contribution in [-0.2, 0) is 65.4 Å². The number of unbranched alkanes of at least 4 members (excludes halogenated alkanes) is 43. The number of carbonyl (C=O) groups is 4. The zero-order valence-electron chi connectivity index (χ0n) is 61.3. The molecule has 0 bridgehead atoms. The normalized spacial score (nSPS) is 14.3. The van der Waals surface area contributed by atoms with Crippen LogP contribution in [0.15, 0.2) is 0 Å². The number of aliphatic hydroxyl groups excluding tert-OH is 1. The summed E-state index contributed by atoms with van der Waals surface area (Å²) in [6.07, 6.45) is 54.3. The topological polar surface area (TPSA) is 237 Å². The van der Waals surface area contributed by atoms with Gasteiger partial charge in [0.25, 0.3) is 0 Å². The van der Waals surface area contributed by atoms with Crippen LogP contribution in [0.1, 0.15) is 388 Å². The molecule has 0 saturated carbocycles. The van der Waals surface area contributed by atoms with Gasteiger partial charge in [-0.3, -0.25) is 37.3 Å². The van der Waals surface area contributed by atoms with Gasteiger partial charge in [0.05, 0.1) is 26.4 Å². The van der Waals surface area contributed by atoms with Gasteiger partial charge in [-0.2, -0.15) is 0 Å². The lowest BCUT2D eigenvalue weighted by molar-refractivity contribution is -0.161. The molecule has 0 aliphatic rings. The van der Waals surface area contributed by atoms with Crippen molar-refractivity contribution in [2.75, 3.05) is 39.6 Å². The molecule has 0 heterocycles. The summed E-state index contributed by atoms with van der Waals surface area (Å²) >= 11 is 0. The zero-order chi connectivity index (χ0) is 69.3. The maximum Gasteiger partial charge on any atom is 0.472 e. The van der Waals surface area contributed by atoms with Crippen molar-refractivity contribution in [1.29, 1.82) is 0 Å². The molecule has 0 amide bonds. The second-order valence-corrected chi connectivity index (χ2v) is 30.7. The van der Waals surface area contributed by atoms with Gasteiger partial charge in [-0.15, -0.1) is 0 Å². The first-order valence-electron chi connectivity index (χ1n) is 39.0. The van der Waals surface area contributed by atoms with Crippen molar-refractivity contribution in [2.24, 2.45) is 11.8 Å². The Morgan fingerprint density at radius 1 is 0.309 bits per heavy atom. The highest BCUT2D eigenvalue weighted by atomic mass is 31.2. The van der Waals surface area contributed by atoms with E-state index in [-0.39, 0.29) is 25.7 Å². The van der Waals surface area contributed by atoms with Crippen LogP contribution in [0.5, 0.6) is 0 Å². The fourth-order valence-corrected chi connectivity index (χ4v) is 13.0. The van der Waals surface area contributed by atoms with Crippen molar-refractivity contribution in [2.45, 2.75) is 407 Å². The molecule has 3 unspecified atom stereocenters. The molecule has 0 aromatic heterocycles.